The van der Waals surface area contributed by atoms with E-state index < -0.39 is 0 Å². The normalized spacial score (nSPS) is 22.9. The van der Waals surface area contributed by atoms with Gasteiger partial charge in [-0.1, -0.05) is 37.8 Å². The van der Waals surface area contributed by atoms with Gasteiger partial charge < -0.3 is 15.1 Å². The quantitative estimate of drug-likeness (QED) is 0.461. The molecule has 1 atom stereocenters. The molecule has 0 aliphatic carbocycles. The van der Waals surface area contributed by atoms with E-state index >= 15 is 0 Å². The van der Waals surface area contributed by atoms with Crippen molar-refractivity contribution in [1.82, 2.24) is 0 Å². The number of aromatic hydroxyl groups is 1. The fraction of sp³-hybridized carbons (Fsp3) is 0.588. The van der Waals surface area contributed by atoms with Crippen molar-refractivity contribution in [2.75, 3.05) is 0 Å². The van der Waals surface area contributed by atoms with Crippen LogP contribution in [0.5, 0.6) is 11.5 Å². The number of fused-ring (bicyclic) bond motifs is 1. The zero-order chi connectivity index (χ0) is 15.3. The lowest BCUT2D eigenvalue weighted by atomic mass is 9.86. The Balaban J connectivity index is 2.06. The third-order valence-corrected chi connectivity index (χ3v) is 4.10. The predicted molar refractivity (Wildman–Crippen MR) is 83.5 cm³/mol. The van der Waals surface area contributed by atoms with Crippen molar-refractivity contribution in [2.24, 2.45) is 5.16 Å². The SMILES string of the molecule is CCCCCCCC1(C)C/C(=N\O)c2ccc(O)cc2O1. The van der Waals surface area contributed by atoms with Crippen LogP contribution in [0.15, 0.2) is 23.4 Å². The zero-order valence-corrected chi connectivity index (χ0v) is 12.9. The third-order valence-electron chi connectivity index (χ3n) is 4.10. The average Bonchev–Trinajstić information content (AvgIpc) is 2.45. The molecule has 0 amide bonds. The van der Waals surface area contributed by atoms with E-state index in [0.717, 1.165) is 18.4 Å². The van der Waals surface area contributed by atoms with Crippen LogP contribution in [0.2, 0.25) is 0 Å². The van der Waals surface area contributed by atoms with Crippen molar-refractivity contribution >= 4 is 5.71 Å². The molecule has 1 aliphatic heterocycles. The molecule has 0 saturated heterocycles. The Morgan fingerprint density at radius 3 is 2.71 bits per heavy atom. The summed E-state index contributed by atoms with van der Waals surface area (Å²) in [4.78, 5) is 0. The fourth-order valence-electron chi connectivity index (χ4n) is 2.92. The molecule has 2 N–H and O–H groups in total. The maximum Gasteiger partial charge on any atom is 0.133 e. The molecule has 0 spiro atoms. The number of nitrogens with zero attached hydrogens (tertiary/aromatic N) is 1. The number of unbranched alkanes of at least 4 members (excludes halogenated alkanes) is 4. The van der Waals surface area contributed by atoms with Gasteiger partial charge in [0.25, 0.3) is 0 Å². The van der Waals surface area contributed by atoms with E-state index in [-0.39, 0.29) is 11.4 Å². The summed E-state index contributed by atoms with van der Waals surface area (Å²) < 4.78 is 6.09. The van der Waals surface area contributed by atoms with E-state index in [0.29, 0.717) is 17.9 Å². The summed E-state index contributed by atoms with van der Waals surface area (Å²) in [7, 11) is 0. The molecule has 21 heavy (non-hydrogen) atoms. The summed E-state index contributed by atoms with van der Waals surface area (Å²) in [5.74, 6) is 0.767. The maximum absolute atomic E-state index is 9.61. The first-order valence-corrected chi connectivity index (χ1v) is 7.81. The molecule has 1 unspecified atom stereocenters. The van der Waals surface area contributed by atoms with Gasteiger partial charge in [0.1, 0.15) is 17.1 Å². The van der Waals surface area contributed by atoms with E-state index in [2.05, 4.69) is 12.1 Å². The van der Waals surface area contributed by atoms with E-state index in [1.807, 2.05) is 6.92 Å². The molecule has 4 nitrogen and oxygen atoms in total. The highest BCUT2D eigenvalue weighted by Crippen LogP contribution is 2.38. The minimum Gasteiger partial charge on any atom is -0.508 e. The van der Waals surface area contributed by atoms with Gasteiger partial charge >= 0.3 is 0 Å². The minimum atomic E-state index is -0.366. The van der Waals surface area contributed by atoms with E-state index in [4.69, 9.17) is 4.74 Å². The Bertz CT molecular complexity index is 513. The van der Waals surface area contributed by atoms with Gasteiger partial charge in [-0.2, -0.15) is 0 Å². The summed E-state index contributed by atoms with van der Waals surface area (Å²) in [6.07, 6.45) is 7.58. The molecule has 0 aromatic heterocycles. The lowest BCUT2D eigenvalue weighted by Gasteiger charge is -2.36. The maximum atomic E-state index is 9.61. The molecular formula is C17H25NO3. The molecule has 0 radical (unpaired) electrons. The van der Waals surface area contributed by atoms with Crippen molar-refractivity contribution in [3.05, 3.63) is 23.8 Å². The average molecular weight is 291 g/mol. The van der Waals surface area contributed by atoms with Crippen LogP contribution in [-0.2, 0) is 0 Å². The molecule has 0 fully saturated rings. The molecule has 1 aromatic carbocycles. The molecule has 1 heterocycles. The number of hydrogen-bond acceptors (Lipinski definition) is 4. The number of phenols is 1. The van der Waals surface area contributed by atoms with Crippen LogP contribution in [0, 0.1) is 0 Å². The number of hydrogen-bond donors (Lipinski definition) is 2. The van der Waals surface area contributed by atoms with Crippen LogP contribution < -0.4 is 4.74 Å². The van der Waals surface area contributed by atoms with Crippen LogP contribution in [0.4, 0.5) is 0 Å². The number of phenolic OH excluding ortho intramolecular Hbond substituents is 1. The van der Waals surface area contributed by atoms with Crippen LogP contribution in [0.1, 0.15) is 64.4 Å². The zero-order valence-electron chi connectivity index (χ0n) is 12.9. The Morgan fingerprint density at radius 1 is 1.24 bits per heavy atom. The van der Waals surface area contributed by atoms with Gasteiger partial charge in [-0.05, 0) is 31.9 Å². The molecule has 116 valence electrons. The lowest BCUT2D eigenvalue weighted by molar-refractivity contribution is 0.0762. The van der Waals surface area contributed by atoms with Crippen molar-refractivity contribution in [2.45, 2.75) is 64.4 Å². The Hall–Kier alpha value is -1.71. The number of rotatable bonds is 6. The van der Waals surface area contributed by atoms with Crippen molar-refractivity contribution < 1.29 is 15.1 Å². The topological polar surface area (TPSA) is 62.1 Å². The lowest BCUT2D eigenvalue weighted by Crippen LogP contribution is -2.39. The summed E-state index contributed by atoms with van der Waals surface area (Å²) in [5, 5.41) is 22.3. The number of oxime groups is 1. The summed E-state index contributed by atoms with van der Waals surface area (Å²) in [6, 6.07) is 4.91. The smallest absolute Gasteiger partial charge is 0.133 e. The van der Waals surface area contributed by atoms with Gasteiger partial charge in [-0.25, -0.2) is 0 Å². The predicted octanol–water partition coefficient (Wildman–Crippen LogP) is 4.47. The van der Waals surface area contributed by atoms with Gasteiger partial charge in [-0.3, -0.25) is 0 Å². The number of ether oxygens (including phenoxy) is 1. The standard InChI is InChI=1S/C17H25NO3/c1-3-4-5-6-7-10-17(2)12-15(18-20)14-9-8-13(19)11-16(14)21-17/h8-9,11,19-20H,3-7,10,12H2,1-2H3/b18-15+. The van der Waals surface area contributed by atoms with Gasteiger partial charge in [0.05, 0.1) is 5.71 Å². The first-order valence-electron chi connectivity index (χ1n) is 7.81. The minimum absolute atomic E-state index is 0.165. The molecule has 2 rings (SSSR count). The monoisotopic (exact) mass is 291 g/mol. The highest BCUT2D eigenvalue weighted by Gasteiger charge is 2.35. The summed E-state index contributed by atoms with van der Waals surface area (Å²) >= 11 is 0. The summed E-state index contributed by atoms with van der Waals surface area (Å²) in [6.45, 7) is 4.25. The Morgan fingerprint density at radius 2 is 2.00 bits per heavy atom. The summed E-state index contributed by atoms with van der Waals surface area (Å²) in [5.41, 5.74) is 1.03. The largest absolute Gasteiger partial charge is 0.508 e. The van der Waals surface area contributed by atoms with Crippen molar-refractivity contribution in [3.63, 3.8) is 0 Å². The van der Waals surface area contributed by atoms with E-state index in [1.54, 1.807) is 18.2 Å². The molecule has 4 heteroatoms. The molecule has 1 aliphatic rings. The molecule has 0 bridgehead atoms. The second-order valence-electron chi connectivity index (χ2n) is 6.12. The second-order valence-corrected chi connectivity index (χ2v) is 6.12. The number of benzene rings is 1. The first-order chi connectivity index (χ1) is 10.1. The third kappa shape index (κ3) is 3.90. The van der Waals surface area contributed by atoms with Crippen molar-refractivity contribution in [3.8, 4) is 11.5 Å². The van der Waals surface area contributed by atoms with E-state index in [9.17, 15) is 10.3 Å². The van der Waals surface area contributed by atoms with Gasteiger partial charge in [0.2, 0.25) is 0 Å². The van der Waals surface area contributed by atoms with E-state index in [1.165, 1.54) is 25.7 Å². The highest BCUT2D eigenvalue weighted by atomic mass is 16.5. The molecule has 1 aromatic rings. The Labute approximate surface area is 126 Å². The second kappa shape index (κ2) is 6.83. The van der Waals surface area contributed by atoms with Crippen LogP contribution >= 0.6 is 0 Å². The highest BCUT2D eigenvalue weighted by molar-refractivity contribution is 6.04. The molecular weight excluding hydrogens is 266 g/mol. The van der Waals surface area contributed by atoms with Gasteiger partial charge in [-0.15, -0.1) is 0 Å². The van der Waals surface area contributed by atoms with Gasteiger partial charge in [0.15, 0.2) is 0 Å². The van der Waals surface area contributed by atoms with Crippen molar-refractivity contribution in [1.29, 1.82) is 0 Å². The molecule has 0 saturated carbocycles. The Kier molecular flexibility index (Phi) is 5.10. The van der Waals surface area contributed by atoms with Crippen LogP contribution in [0.3, 0.4) is 0 Å². The fourth-order valence-corrected chi connectivity index (χ4v) is 2.92. The van der Waals surface area contributed by atoms with Crippen LogP contribution in [0.25, 0.3) is 0 Å². The van der Waals surface area contributed by atoms with Crippen LogP contribution in [-0.4, -0.2) is 21.6 Å². The first kappa shape index (κ1) is 15.7. The van der Waals surface area contributed by atoms with Gasteiger partial charge in [0, 0.05) is 18.1 Å².